The molecule has 0 heterocycles. The fourth-order valence-corrected chi connectivity index (χ4v) is 3.72. The number of nitrogens with two attached hydrogens (primary N) is 1. The average Bonchev–Trinajstić information content (AvgIpc) is 2.80. The van der Waals surface area contributed by atoms with E-state index in [1.165, 1.54) is 45.2 Å². The van der Waals surface area contributed by atoms with Crippen molar-refractivity contribution in [2.75, 3.05) is 26.2 Å². The van der Waals surface area contributed by atoms with Crippen molar-refractivity contribution in [3.63, 3.8) is 0 Å². The van der Waals surface area contributed by atoms with E-state index in [2.05, 4.69) is 11.8 Å². The van der Waals surface area contributed by atoms with Crippen molar-refractivity contribution in [3.05, 3.63) is 0 Å². The molecule has 2 saturated carbocycles. The molecule has 2 aliphatic carbocycles. The van der Waals surface area contributed by atoms with E-state index >= 15 is 0 Å². The molecule has 0 aromatic rings. The van der Waals surface area contributed by atoms with Gasteiger partial charge in [0.25, 0.3) is 0 Å². The van der Waals surface area contributed by atoms with Gasteiger partial charge in [-0.25, -0.2) is 0 Å². The van der Waals surface area contributed by atoms with Gasteiger partial charge in [-0.15, -0.1) is 0 Å². The van der Waals surface area contributed by atoms with Crippen LogP contribution in [0.1, 0.15) is 39.0 Å². The molecular weight excluding hydrogens is 184 g/mol. The van der Waals surface area contributed by atoms with Gasteiger partial charge in [-0.05, 0) is 50.0 Å². The second-order valence-corrected chi connectivity index (χ2v) is 5.52. The zero-order chi connectivity index (χ0) is 10.7. The number of nitrogens with zero attached hydrogens (tertiary/aromatic N) is 1. The molecule has 2 fully saturated rings. The Bertz CT molecular complexity index is 187. The molecule has 0 aliphatic heterocycles. The first-order chi connectivity index (χ1) is 7.33. The Morgan fingerprint density at radius 2 is 2.07 bits per heavy atom. The lowest BCUT2D eigenvalue weighted by molar-refractivity contribution is 0.194. The molecule has 0 saturated heterocycles. The van der Waals surface area contributed by atoms with Gasteiger partial charge in [0.1, 0.15) is 0 Å². The lowest BCUT2D eigenvalue weighted by atomic mass is 9.88. The molecule has 88 valence electrons. The Kier molecular flexibility index (Phi) is 4.04. The highest BCUT2D eigenvalue weighted by atomic mass is 15.1. The van der Waals surface area contributed by atoms with Gasteiger partial charge in [-0.1, -0.05) is 13.3 Å². The van der Waals surface area contributed by atoms with Crippen molar-refractivity contribution in [1.82, 2.24) is 4.90 Å². The largest absolute Gasteiger partial charge is 0.329 e. The molecule has 2 N–H and O–H groups in total. The van der Waals surface area contributed by atoms with Crippen molar-refractivity contribution < 1.29 is 0 Å². The van der Waals surface area contributed by atoms with Crippen LogP contribution in [0.4, 0.5) is 0 Å². The summed E-state index contributed by atoms with van der Waals surface area (Å²) >= 11 is 0. The first-order valence-corrected chi connectivity index (χ1v) is 6.76. The van der Waals surface area contributed by atoms with Gasteiger partial charge in [0.05, 0.1) is 0 Å². The Hall–Kier alpha value is -0.0800. The normalized spacial score (nSPS) is 34.2. The van der Waals surface area contributed by atoms with Crippen molar-refractivity contribution in [2.45, 2.75) is 39.0 Å². The van der Waals surface area contributed by atoms with Gasteiger partial charge in [-0.3, -0.25) is 0 Å². The maximum absolute atomic E-state index is 5.67. The van der Waals surface area contributed by atoms with E-state index in [0.717, 1.165) is 30.8 Å². The summed E-state index contributed by atoms with van der Waals surface area (Å²) in [6.07, 6.45) is 7.34. The fraction of sp³-hybridized carbons (Fsp3) is 1.00. The predicted octanol–water partition coefficient (Wildman–Crippen LogP) is 2.09. The first kappa shape index (κ1) is 11.4. The van der Waals surface area contributed by atoms with Crippen LogP contribution in [-0.2, 0) is 0 Å². The average molecular weight is 210 g/mol. The van der Waals surface area contributed by atoms with Crippen LogP contribution in [0.25, 0.3) is 0 Å². The van der Waals surface area contributed by atoms with Crippen LogP contribution in [0, 0.1) is 17.8 Å². The third kappa shape index (κ3) is 2.73. The minimum absolute atomic E-state index is 0.820. The van der Waals surface area contributed by atoms with E-state index in [-0.39, 0.29) is 0 Å². The van der Waals surface area contributed by atoms with Gasteiger partial charge >= 0.3 is 0 Å². The molecule has 3 unspecified atom stereocenters. The monoisotopic (exact) mass is 210 g/mol. The van der Waals surface area contributed by atoms with Crippen LogP contribution in [0.3, 0.4) is 0 Å². The predicted molar refractivity (Wildman–Crippen MR) is 64.7 cm³/mol. The Morgan fingerprint density at radius 3 is 2.60 bits per heavy atom. The second-order valence-electron chi connectivity index (χ2n) is 5.52. The van der Waals surface area contributed by atoms with Crippen molar-refractivity contribution in [2.24, 2.45) is 23.5 Å². The maximum Gasteiger partial charge on any atom is 0.0105 e. The lowest BCUT2D eigenvalue weighted by Gasteiger charge is -2.29. The van der Waals surface area contributed by atoms with E-state index < -0.39 is 0 Å². The van der Waals surface area contributed by atoms with E-state index in [0.29, 0.717) is 0 Å². The SMILES string of the molecule is CCCN(CCN)CC1CC2CCC1C2. The molecule has 0 amide bonds. The first-order valence-electron chi connectivity index (χ1n) is 6.76. The van der Waals surface area contributed by atoms with Gasteiger partial charge in [0.15, 0.2) is 0 Å². The topological polar surface area (TPSA) is 29.3 Å². The minimum atomic E-state index is 0.820. The fourth-order valence-electron chi connectivity index (χ4n) is 3.72. The maximum atomic E-state index is 5.67. The smallest absolute Gasteiger partial charge is 0.0105 e. The molecule has 3 atom stereocenters. The summed E-state index contributed by atoms with van der Waals surface area (Å²) in [5, 5.41) is 0. The van der Waals surface area contributed by atoms with Crippen LogP contribution in [0.2, 0.25) is 0 Å². The number of hydrogen-bond donors (Lipinski definition) is 1. The van der Waals surface area contributed by atoms with Crippen LogP contribution < -0.4 is 5.73 Å². The number of hydrogen-bond acceptors (Lipinski definition) is 2. The van der Waals surface area contributed by atoms with E-state index in [1.807, 2.05) is 0 Å². The van der Waals surface area contributed by atoms with Gasteiger partial charge in [0.2, 0.25) is 0 Å². The van der Waals surface area contributed by atoms with Gasteiger partial charge in [0, 0.05) is 19.6 Å². The van der Waals surface area contributed by atoms with E-state index in [9.17, 15) is 0 Å². The minimum Gasteiger partial charge on any atom is -0.329 e. The molecule has 0 aromatic carbocycles. The molecule has 0 radical (unpaired) electrons. The Morgan fingerprint density at radius 1 is 1.20 bits per heavy atom. The zero-order valence-electron chi connectivity index (χ0n) is 10.1. The molecular formula is C13H26N2. The molecule has 2 rings (SSSR count). The molecule has 2 bridgehead atoms. The molecule has 2 aliphatic rings. The standard InChI is InChI=1S/C13H26N2/c1-2-6-15(7-5-14)10-13-9-11-3-4-12(13)8-11/h11-13H,2-10,14H2,1H3. The lowest BCUT2D eigenvalue weighted by Crippen LogP contribution is -2.36. The summed E-state index contributed by atoms with van der Waals surface area (Å²) in [6.45, 7) is 6.75. The summed E-state index contributed by atoms with van der Waals surface area (Å²) in [5.41, 5.74) is 5.67. The van der Waals surface area contributed by atoms with E-state index in [1.54, 1.807) is 0 Å². The van der Waals surface area contributed by atoms with Crippen LogP contribution in [-0.4, -0.2) is 31.1 Å². The highest BCUT2D eigenvalue weighted by Gasteiger charge is 2.39. The Balaban J connectivity index is 1.78. The summed E-state index contributed by atoms with van der Waals surface area (Å²) in [5.74, 6) is 3.15. The van der Waals surface area contributed by atoms with Crippen molar-refractivity contribution in [3.8, 4) is 0 Å². The van der Waals surface area contributed by atoms with Crippen LogP contribution >= 0.6 is 0 Å². The third-order valence-electron chi connectivity index (χ3n) is 4.36. The van der Waals surface area contributed by atoms with Gasteiger partial charge in [-0.2, -0.15) is 0 Å². The van der Waals surface area contributed by atoms with E-state index in [4.69, 9.17) is 5.73 Å². The molecule has 0 aromatic heterocycles. The Labute approximate surface area is 94.2 Å². The van der Waals surface area contributed by atoms with Crippen molar-refractivity contribution >= 4 is 0 Å². The zero-order valence-corrected chi connectivity index (χ0v) is 10.1. The second kappa shape index (κ2) is 5.31. The number of rotatable bonds is 6. The quantitative estimate of drug-likeness (QED) is 0.727. The molecule has 2 heteroatoms. The molecule has 0 spiro atoms. The summed E-state index contributed by atoms with van der Waals surface area (Å²) in [6, 6.07) is 0. The van der Waals surface area contributed by atoms with Gasteiger partial charge < -0.3 is 10.6 Å². The van der Waals surface area contributed by atoms with Crippen molar-refractivity contribution in [1.29, 1.82) is 0 Å². The molecule has 2 nitrogen and oxygen atoms in total. The van der Waals surface area contributed by atoms with Crippen LogP contribution in [0.5, 0.6) is 0 Å². The summed E-state index contributed by atoms with van der Waals surface area (Å²) in [7, 11) is 0. The third-order valence-corrected chi connectivity index (χ3v) is 4.36. The summed E-state index contributed by atoms with van der Waals surface area (Å²) < 4.78 is 0. The highest BCUT2D eigenvalue weighted by molar-refractivity contribution is 4.91. The summed E-state index contributed by atoms with van der Waals surface area (Å²) in [4.78, 5) is 2.59. The van der Waals surface area contributed by atoms with Crippen LogP contribution in [0.15, 0.2) is 0 Å². The highest BCUT2D eigenvalue weighted by Crippen LogP contribution is 2.48. The molecule has 15 heavy (non-hydrogen) atoms. The number of fused-ring (bicyclic) bond motifs is 2.